The first-order valence-electron chi connectivity index (χ1n) is 6.35. The van der Waals surface area contributed by atoms with Crippen LogP contribution in [0.25, 0.3) is 0 Å². The largest absolute Gasteiger partial charge is 0.453 e. The van der Waals surface area contributed by atoms with Gasteiger partial charge in [-0.1, -0.05) is 0 Å². The third-order valence-corrected chi connectivity index (χ3v) is 4.02. The number of carbonyl (C=O) groups is 1. The van der Waals surface area contributed by atoms with E-state index in [1.807, 2.05) is 4.90 Å². The molecule has 0 bridgehead atoms. The van der Waals surface area contributed by atoms with Gasteiger partial charge in [-0.05, 0) is 50.6 Å². The number of likely N-dealkylation sites (tertiary alicyclic amines) is 1. The fourth-order valence-corrected chi connectivity index (χ4v) is 3.00. The third-order valence-electron chi connectivity index (χ3n) is 4.02. The zero-order chi connectivity index (χ0) is 11.4. The lowest BCUT2D eigenvalue weighted by molar-refractivity contribution is 0.0917. The standard InChI is InChI=1S/C12H22N2O2/c1-16-12(15)14-8-4-11(5-9-14)10-2-6-13-7-3-10/h10-11,13H,2-9H2,1H3. The van der Waals surface area contributed by atoms with E-state index in [0.29, 0.717) is 0 Å². The van der Waals surface area contributed by atoms with Crippen LogP contribution in [0.4, 0.5) is 4.79 Å². The van der Waals surface area contributed by atoms with Gasteiger partial charge in [-0.25, -0.2) is 4.79 Å². The number of amides is 1. The number of piperidine rings is 2. The van der Waals surface area contributed by atoms with Crippen LogP contribution >= 0.6 is 0 Å². The molecule has 2 aliphatic rings. The van der Waals surface area contributed by atoms with Crippen LogP contribution < -0.4 is 5.32 Å². The molecule has 2 saturated heterocycles. The van der Waals surface area contributed by atoms with Crippen molar-refractivity contribution in [1.29, 1.82) is 0 Å². The molecule has 16 heavy (non-hydrogen) atoms. The Balaban J connectivity index is 1.78. The number of nitrogens with one attached hydrogen (secondary N) is 1. The molecule has 0 saturated carbocycles. The van der Waals surface area contributed by atoms with Crippen LogP contribution in [0.2, 0.25) is 0 Å². The molecule has 0 aromatic heterocycles. The van der Waals surface area contributed by atoms with Gasteiger partial charge in [0.1, 0.15) is 0 Å². The third kappa shape index (κ3) is 2.67. The summed E-state index contributed by atoms with van der Waals surface area (Å²) in [7, 11) is 1.46. The smallest absolute Gasteiger partial charge is 0.409 e. The number of hydrogen-bond donors (Lipinski definition) is 1. The molecule has 2 heterocycles. The van der Waals surface area contributed by atoms with Gasteiger partial charge >= 0.3 is 6.09 Å². The Morgan fingerprint density at radius 1 is 1.12 bits per heavy atom. The number of nitrogens with zero attached hydrogens (tertiary/aromatic N) is 1. The number of rotatable bonds is 1. The molecule has 2 fully saturated rings. The maximum absolute atomic E-state index is 11.3. The van der Waals surface area contributed by atoms with E-state index >= 15 is 0 Å². The Kier molecular flexibility index (Phi) is 4.04. The Morgan fingerprint density at radius 2 is 1.69 bits per heavy atom. The van der Waals surface area contributed by atoms with Gasteiger partial charge in [0.25, 0.3) is 0 Å². The minimum absolute atomic E-state index is 0.163. The molecule has 4 nitrogen and oxygen atoms in total. The maximum atomic E-state index is 11.3. The molecule has 0 aromatic rings. The Hall–Kier alpha value is -0.770. The van der Waals surface area contributed by atoms with Crippen molar-refractivity contribution in [2.45, 2.75) is 25.7 Å². The van der Waals surface area contributed by atoms with E-state index < -0.39 is 0 Å². The lowest BCUT2D eigenvalue weighted by atomic mass is 9.79. The van der Waals surface area contributed by atoms with Gasteiger partial charge in [-0.3, -0.25) is 0 Å². The van der Waals surface area contributed by atoms with E-state index in [1.54, 1.807) is 0 Å². The summed E-state index contributed by atoms with van der Waals surface area (Å²) >= 11 is 0. The summed E-state index contributed by atoms with van der Waals surface area (Å²) < 4.78 is 4.75. The van der Waals surface area contributed by atoms with Crippen molar-refractivity contribution in [3.63, 3.8) is 0 Å². The summed E-state index contributed by atoms with van der Waals surface area (Å²) in [6.07, 6.45) is 4.76. The van der Waals surface area contributed by atoms with Crippen molar-refractivity contribution in [2.24, 2.45) is 11.8 Å². The van der Waals surface area contributed by atoms with Crippen molar-refractivity contribution >= 4 is 6.09 Å². The summed E-state index contributed by atoms with van der Waals surface area (Å²) in [4.78, 5) is 13.2. The topological polar surface area (TPSA) is 41.6 Å². The minimum atomic E-state index is -0.163. The van der Waals surface area contributed by atoms with Crippen LogP contribution in [0, 0.1) is 11.8 Å². The second-order valence-corrected chi connectivity index (χ2v) is 4.88. The average molecular weight is 226 g/mol. The van der Waals surface area contributed by atoms with Crippen molar-refractivity contribution in [3.8, 4) is 0 Å². The first kappa shape index (κ1) is 11.7. The van der Waals surface area contributed by atoms with Gasteiger partial charge in [-0.15, -0.1) is 0 Å². The molecule has 92 valence electrons. The first-order chi connectivity index (χ1) is 7.81. The molecule has 2 rings (SSSR count). The average Bonchev–Trinajstić information content (AvgIpc) is 2.39. The number of hydrogen-bond acceptors (Lipinski definition) is 3. The summed E-state index contributed by atoms with van der Waals surface area (Å²) in [5, 5.41) is 3.41. The van der Waals surface area contributed by atoms with Gasteiger partial charge in [0.2, 0.25) is 0 Å². The summed E-state index contributed by atoms with van der Waals surface area (Å²) in [5.41, 5.74) is 0. The SMILES string of the molecule is COC(=O)N1CCC(C2CCNCC2)CC1. The summed E-state index contributed by atoms with van der Waals surface area (Å²) in [6, 6.07) is 0. The van der Waals surface area contributed by atoms with Crippen molar-refractivity contribution in [2.75, 3.05) is 33.3 Å². The van der Waals surface area contributed by atoms with E-state index in [0.717, 1.165) is 37.8 Å². The molecule has 0 atom stereocenters. The molecule has 0 aliphatic carbocycles. The van der Waals surface area contributed by atoms with Gasteiger partial charge < -0.3 is 15.0 Å². The highest BCUT2D eigenvalue weighted by Crippen LogP contribution is 2.30. The highest BCUT2D eigenvalue weighted by Gasteiger charge is 2.29. The highest BCUT2D eigenvalue weighted by atomic mass is 16.5. The van der Waals surface area contributed by atoms with Gasteiger partial charge in [-0.2, -0.15) is 0 Å². The summed E-state index contributed by atoms with van der Waals surface area (Å²) in [5.74, 6) is 1.70. The van der Waals surface area contributed by atoms with E-state index in [2.05, 4.69) is 5.32 Å². The highest BCUT2D eigenvalue weighted by molar-refractivity contribution is 5.67. The monoisotopic (exact) mass is 226 g/mol. The molecular formula is C12H22N2O2. The predicted octanol–water partition coefficient (Wildman–Crippen LogP) is 1.46. The fourth-order valence-electron chi connectivity index (χ4n) is 3.00. The summed E-state index contributed by atoms with van der Waals surface area (Å²) in [6.45, 7) is 4.09. The molecule has 0 spiro atoms. The van der Waals surface area contributed by atoms with Gasteiger partial charge in [0, 0.05) is 13.1 Å². The van der Waals surface area contributed by atoms with Crippen LogP contribution in [0.1, 0.15) is 25.7 Å². The number of ether oxygens (including phenoxy) is 1. The zero-order valence-corrected chi connectivity index (χ0v) is 10.1. The second-order valence-electron chi connectivity index (χ2n) is 4.88. The minimum Gasteiger partial charge on any atom is -0.453 e. The molecular weight excluding hydrogens is 204 g/mol. The lowest BCUT2D eigenvalue weighted by Gasteiger charge is -2.37. The fraction of sp³-hybridized carbons (Fsp3) is 0.917. The Labute approximate surface area is 97.3 Å². The second kappa shape index (κ2) is 5.53. The molecule has 2 aliphatic heterocycles. The van der Waals surface area contributed by atoms with E-state index in [9.17, 15) is 4.79 Å². The van der Waals surface area contributed by atoms with Crippen molar-refractivity contribution in [3.05, 3.63) is 0 Å². The van der Waals surface area contributed by atoms with E-state index in [1.165, 1.54) is 33.0 Å². The zero-order valence-electron chi connectivity index (χ0n) is 10.1. The van der Waals surface area contributed by atoms with Crippen molar-refractivity contribution in [1.82, 2.24) is 10.2 Å². The van der Waals surface area contributed by atoms with Gasteiger partial charge in [0.05, 0.1) is 7.11 Å². The quantitative estimate of drug-likeness (QED) is 0.736. The van der Waals surface area contributed by atoms with Crippen LogP contribution in [-0.4, -0.2) is 44.3 Å². The normalized spacial score (nSPS) is 24.4. The maximum Gasteiger partial charge on any atom is 0.409 e. The Bertz CT molecular complexity index is 231. The predicted molar refractivity (Wildman–Crippen MR) is 62.3 cm³/mol. The van der Waals surface area contributed by atoms with E-state index in [-0.39, 0.29) is 6.09 Å². The van der Waals surface area contributed by atoms with Crippen LogP contribution in [0.3, 0.4) is 0 Å². The Morgan fingerprint density at radius 3 is 2.25 bits per heavy atom. The van der Waals surface area contributed by atoms with Crippen LogP contribution in [0.15, 0.2) is 0 Å². The number of carbonyl (C=O) groups excluding carboxylic acids is 1. The molecule has 1 amide bonds. The lowest BCUT2D eigenvalue weighted by Crippen LogP contribution is -2.41. The molecule has 0 unspecified atom stereocenters. The van der Waals surface area contributed by atoms with Crippen LogP contribution in [-0.2, 0) is 4.74 Å². The van der Waals surface area contributed by atoms with Gasteiger partial charge in [0.15, 0.2) is 0 Å². The molecule has 0 radical (unpaired) electrons. The van der Waals surface area contributed by atoms with Crippen LogP contribution in [0.5, 0.6) is 0 Å². The molecule has 0 aromatic carbocycles. The van der Waals surface area contributed by atoms with E-state index in [4.69, 9.17) is 4.74 Å². The first-order valence-corrected chi connectivity index (χ1v) is 6.35. The molecule has 4 heteroatoms. The molecule has 1 N–H and O–H groups in total. The van der Waals surface area contributed by atoms with Crippen molar-refractivity contribution < 1.29 is 9.53 Å². The number of methoxy groups -OCH3 is 1.